The molecule has 14 heavy (non-hydrogen) atoms. The van der Waals surface area contributed by atoms with Crippen LogP contribution in [0, 0.1) is 11.3 Å². The largest absolute Gasteiger partial charge is 0.281 e. The highest BCUT2D eigenvalue weighted by Gasteiger charge is 2.17. The van der Waals surface area contributed by atoms with Crippen LogP contribution in [0.15, 0.2) is 10.7 Å². The number of halogens is 4. The van der Waals surface area contributed by atoms with E-state index >= 15 is 0 Å². The molecule has 0 aliphatic heterocycles. The van der Waals surface area contributed by atoms with Gasteiger partial charge in [0.25, 0.3) is 6.43 Å². The van der Waals surface area contributed by atoms with E-state index in [1.54, 1.807) is 0 Å². The van der Waals surface area contributed by atoms with Crippen LogP contribution in [-0.4, -0.2) is 4.98 Å². The average molecular weight is 281 g/mol. The summed E-state index contributed by atoms with van der Waals surface area (Å²) in [5, 5.41) is 8.30. The van der Waals surface area contributed by atoms with Crippen LogP contribution in [0.2, 0.25) is 5.02 Å². The number of hydrogen-bond acceptors (Lipinski definition) is 2. The molecule has 0 unspecified atom stereocenters. The fourth-order valence-electron chi connectivity index (χ4n) is 0.926. The summed E-state index contributed by atoms with van der Waals surface area (Å²) in [5.74, 6) is 0. The Kier molecular flexibility index (Phi) is 3.78. The van der Waals surface area contributed by atoms with E-state index in [2.05, 4.69) is 20.9 Å². The van der Waals surface area contributed by atoms with Crippen molar-refractivity contribution in [1.82, 2.24) is 4.98 Å². The lowest BCUT2D eigenvalue weighted by Crippen LogP contribution is -1.97. The summed E-state index contributed by atoms with van der Waals surface area (Å²) in [6, 6.07) is 3.30. The molecule has 1 heterocycles. The second-order valence-corrected chi connectivity index (χ2v) is 3.63. The molecule has 0 fully saturated rings. The van der Waals surface area contributed by atoms with Crippen LogP contribution in [0.25, 0.3) is 0 Å². The summed E-state index contributed by atoms with van der Waals surface area (Å²) in [4.78, 5) is 3.54. The van der Waals surface area contributed by atoms with Crippen LogP contribution in [0.1, 0.15) is 17.7 Å². The van der Waals surface area contributed by atoms with Gasteiger partial charge in [-0.2, -0.15) is 5.26 Å². The van der Waals surface area contributed by atoms with Crippen LogP contribution in [0.5, 0.6) is 0 Å². The zero-order chi connectivity index (χ0) is 10.7. The molecule has 0 bridgehead atoms. The van der Waals surface area contributed by atoms with Gasteiger partial charge in [0.1, 0.15) is 10.3 Å². The number of hydrogen-bond donors (Lipinski definition) is 0. The predicted molar refractivity (Wildman–Crippen MR) is 51.2 cm³/mol. The van der Waals surface area contributed by atoms with Crippen LogP contribution >= 0.6 is 27.5 Å². The number of aromatic nitrogens is 1. The molecule has 1 aromatic rings. The highest BCUT2D eigenvalue weighted by atomic mass is 79.9. The number of nitrogens with zero attached hydrogens (tertiary/aromatic N) is 2. The van der Waals surface area contributed by atoms with E-state index in [-0.39, 0.29) is 16.0 Å². The maximum atomic E-state index is 12.4. The number of pyridine rings is 1. The van der Waals surface area contributed by atoms with Crippen molar-refractivity contribution >= 4 is 27.5 Å². The van der Waals surface area contributed by atoms with Crippen molar-refractivity contribution < 1.29 is 8.78 Å². The first-order valence-electron chi connectivity index (χ1n) is 3.56. The van der Waals surface area contributed by atoms with Crippen LogP contribution in [0.3, 0.4) is 0 Å². The Morgan fingerprint density at radius 3 is 2.79 bits per heavy atom. The van der Waals surface area contributed by atoms with Crippen LogP contribution < -0.4 is 0 Å². The lowest BCUT2D eigenvalue weighted by Gasteiger charge is -2.06. The Balaban J connectivity index is 3.26. The topological polar surface area (TPSA) is 36.7 Å². The van der Waals surface area contributed by atoms with Gasteiger partial charge in [-0.1, -0.05) is 11.6 Å². The van der Waals surface area contributed by atoms with E-state index in [4.69, 9.17) is 16.9 Å². The summed E-state index contributed by atoms with van der Waals surface area (Å²) < 4.78 is 25.0. The fourth-order valence-corrected chi connectivity index (χ4v) is 1.64. The van der Waals surface area contributed by atoms with Gasteiger partial charge in [0.2, 0.25) is 0 Å². The summed E-state index contributed by atoms with van der Waals surface area (Å²) in [6.07, 6.45) is -2.75. The van der Waals surface area contributed by atoms with Crippen molar-refractivity contribution in [3.63, 3.8) is 0 Å². The molecule has 0 saturated heterocycles. The number of rotatable bonds is 2. The molecule has 0 aliphatic carbocycles. The van der Waals surface area contributed by atoms with Crippen molar-refractivity contribution in [3.8, 4) is 6.07 Å². The van der Waals surface area contributed by atoms with E-state index < -0.39 is 12.1 Å². The maximum absolute atomic E-state index is 12.4. The smallest absolute Gasteiger partial charge is 0.238 e. The zero-order valence-corrected chi connectivity index (χ0v) is 9.11. The van der Waals surface area contributed by atoms with Gasteiger partial charge in [-0.15, -0.1) is 0 Å². The lowest BCUT2D eigenvalue weighted by atomic mass is 10.2. The summed E-state index contributed by atoms with van der Waals surface area (Å²) >= 11 is 8.61. The quantitative estimate of drug-likeness (QED) is 0.778. The van der Waals surface area contributed by atoms with Gasteiger partial charge in [-0.25, -0.2) is 13.8 Å². The Morgan fingerprint density at radius 2 is 2.29 bits per heavy atom. The van der Waals surface area contributed by atoms with Crippen LogP contribution in [0.4, 0.5) is 8.78 Å². The minimum atomic E-state index is -2.74. The molecule has 1 aromatic heterocycles. The third kappa shape index (κ3) is 2.40. The van der Waals surface area contributed by atoms with Crippen LogP contribution in [-0.2, 0) is 6.42 Å². The molecular weight excluding hydrogens is 277 g/mol. The second-order valence-electron chi connectivity index (χ2n) is 2.44. The van der Waals surface area contributed by atoms with E-state index in [9.17, 15) is 8.78 Å². The Bertz CT molecular complexity index is 390. The SMILES string of the molecule is N#CCc1cc(Br)nc(C(F)F)c1Cl. The van der Waals surface area contributed by atoms with Gasteiger partial charge in [-0.05, 0) is 27.6 Å². The van der Waals surface area contributed by atoms with Crippen molar-refractivity contribution in [2.24, 2.45) is 0 Å². The molecule has 0 amide bonds. The monoisotopic (exact) mass is 280 g/mol. The summed E-state index contributed by atoms with van der Waals surface area (Å²) in [7, 11) is 0. The summed E-state index contributed by atoms with van der Waals surface area (Å²) in [6.45, 7) is 0. The van der Waals surface area contributed by atoms with Crippen molar-refractivity contribution in [3.05, 3.63) is 26.9 Å². The lowest BCUT2D eigenvalue weighted by molar-refractivity contribution is 0.146. The number of nitriles is 1. The average Bonchev–Trinajstić information content (AvgIpc) is 2.10. The molecule has 74 valence electrons. The maximum Gasteiger partial charge on any atom is 0.281 e. The molecule has 0 N–H and O–H groups in total. The normalized spacial score (nSPS) is 10.3. The molecule has 0 aromatic carbocycles. The van der Waals surface area contributed by atoms with Crippen molar-refractivity contribution in [1.29, 1.82) is 5.26 Å². The Labute approximate surface area is 92.6 Å². The highest BCUT2D eigenvalue weighted by Crippen LogP contribution is 2.30. The summed E-state index contributed by atoms with van der Waals surface area (Å²) in [5.41, 5.74) is -0.141. The van der Waals surface area contributed by atoms with E-state index in [1.165, 1.54) is 6.07 Å². The molecule has 0 atom stereocenters. The molecule has 0 aliphatic rings. The third-order valence-electron chi connectivity index (χ3n) is 1.50. The minimum absolute atomic E-state index is 0.0142. The first-order chi connectivity index (χ1) is 6.56. The van der Waals surface area contributed by atoms with Crippen molar-refractivity contribution in [2.45, 2.75) is 12.8 Å². The molecule has 0 radical (unpaired) electrons. The standard InChI is InChI=1S/C8H4BrClF2N2/c9-5-3-4(1-2-13)6(10)7(14-5)8(11)12/h3,8H,1H2. The minimum Gasteiger partial charge on any atom is -0.238 e. The molecule has 6 heteroatoms. The fraction of sp³-hybridized carbons (Fsp3) is 0.250. The molecule has 2 nitrogen and oxygen atoms in total. The molecule has 0 saturated carbocycles. The van der Waals surface area contributed by atoms with Gasteiger partial charge >= 0.3 is 0 Å². The number of alkyl halides is 2. The molecule has 1 rings (SSSR count). The molecular formula is C8H4BrClF2N2. The first kappa shape index (κ1) is 11.3. The second kappa shape index (κ2) is 4.67. The van der Waals surface area contributed by atoms with Gasteiger partial charge in [0.05, 0.1) is 17.5 Å². The van der Waals surface area contributed by atoms with E-state index in [0.29, 0.717) is 5.56 Å². The third-order valence-corrected chi connectivity index (χ3v) is 2.35. The Hall–Kier alpha value is -0.730. The van der Waals surface area contributed by atoms with Gasteiger partial charge in [-0.3, -0.25) is 0 Å². The van der Waals surface area contributed by atoms with Gasteiger partial charge < -0.3 is 0 Å². The van der Waals surface area contributed by atoms with E-state index in [1.807, 2.05) is 6.07 Å². The first-order valence-corrected chi connectivity index (χ1v) is 4.73. The highest BCUT2D eigenvalue weighted by molar-refractivity contribution is 9.10. The van der Waals surface area contributed by atoms with Gasteiger partial charge in [0, 0.05) is 0 Å². The van der Waals surface area contributed by atoms with Gasteiger partial charge in [0.15, 0.2) is 0 Å². The Morgan fingerprint density at radius 1 is 1.64 bits per heavy atom. The van der Waals surface area contributed by atoms with E-state index in [0.717, 1.165) is 0 Å². The zero-order valence-electron chi connectivity index (χ0n) is 6.77. The molecule has 0 spiro atoms. The predicted octanol–water partition coefficient (Wildman–Crippen LogP) is 3.50. The van der Waals surface area contributed by atoms with Crippen molar-refractivity contribution in [2.75, 3.05) is 0 Å².